The van der Waals surface area contributed by atoms with Gasteiger partial charge in [-0.05, 0) is 37.2 Å². The summed E-state index contributed by atoms with van der Waals surface area (Å²) in [7, 11) is 1.67. The quantitative estimate of drug-likeness (QED) is 0.784. The third kappa shape index (κ3) is 3.00. The van der Waals surface area contributed by atoms with Gasteiger partial charge in [0.15, 0.2) is 0 Å². The molecule has 0 spiro atoms. The summed E-state index contributed by atoms with van der Waals surface area (Å²) in [6.45, 7) is 0.598. The molecule has 0 aliphatic heterocycles. The van der Waals surface area contributed by atoms with Gasteiger partial charge in [-0.15, -0.1) is 11.3 Å². The molecule has 2 N–H and O–H groups in total. The van der Waals surface area contributed by atoms with Gasteiger partial charge in [0.05, 0.1) is 18.5 Å². The van der Waals surface area contributed by atoms with Crippen molar-refractivity contribution in [3.05, 3.63) is 53.5 Å². The second kappa shape index (κ2) is 6.68. The van der Waals surface area contributed by atoms with Crippen LogP contribution in [0.25, 0.3) is 22.0 Å². The predicted octanol–water partition coefficient (Wildman–Crippen LogP) is 3.38. The first-order valence-electron chi connectivity index (χ1n) is 7.07. The van der Waals surface area contributed by atoms with E-state index >= 15 is 0 Å². The summed E-state index contributed by atoms with van der Waals surface area (Å²) >= 11 is 1.65. The topological polar surface area (TPSA) is 61.0 Å². The van der Waals surface area contributed by atoms with E-state index in [0.29, 0.717) is 6.54 Å². The molecule has 4 nitrogen and oxygen atoms in total. The van der Waals surface area contributed by atoms with Gasteiger partial charge < -0.3 is 10.5 Å². The van der Waals surface area contributed by atoms with Gasteiger partial charge in [-0.2, -0.15) is 0 Å². The van der Waals surface area contributed by atoms with Gasteiger partial charge in [-0.1, -0.05) is 18.2 Å². The van der Waals surface area contributed by atoms with Crippen molar-refractivity contribution in [1.82, 2.24) is 9.97 Å². The Bertz CT molecular complexity index is 756. The van der Waals surface area contributed by atoms with Crippen LogP contribution in [-0.4, -0.2) is 23.6 Å². The number of nitrogens with two attached hydrogens (primary N) is 1. The second-order valence-corrected chi connectivity index (χ2v) is 5.86. The first-order chi connectivity index (χ1) is 10.8. The van der Waals surface area contributed by atoms with E-state index in [9.17, 15) is 0 Å². The van der Waals surface area contributed by atoms with Crippen LogP contribution in [0.5, 0.6) is 5.75 Å². The fourth-order valence-corrected chi connectivity index (χ4v) is 3.32. The predicted molar refractivity (Wildman–Crippen MR) is 90.1 cm³/mol. The fraction of sp³-hybridized carbons (Fsp3) is 0.176. The van der Waals surface area contributed by atoms with E-state index in [0.717, 1.165) is 34.1 Å². The van der Waals surface area contributed by atoms with E-state index < -0.39 is 0 Å². The highest BCUT2D eigenvalue weighted by Crippen LogP contribution is 2.34. The second-order valence-electron chi connectivity index (χ2n) is 4.78. The Morgan fingerprint density at radius 2 is 2.09 bits per heavy atom. The average molecular weight is 311 g/mol. The number of rotatable bonds is 5. The van der Waals surface area contributed by atoms with Gasteiger partial charge in [-0.25, -0.2) is 4.98 Å². The third-order valence-electron chi connectivity index (χ3n) is 3.30. The molecule has 112 valence electrons. The number of hydrogen-bond acceptors (Lipinski definition) is 5. The van der Waals surface area contributed by atoms with Crippen molar-refractivity contribution >= 4 is 11.3 Å². The molecule has 5 heteroatoms. The summed E-state index contributed by atoms with van der Waals surface area (Å²) in [6.07, 6.45) is 2.58. The Hall–Kier alpha value is -2.24. The molecule has 3 rings (SSSR count). The van der Waals surface area contributed by atoms with Crippen LogP contribution in [0.15, 0.2) is 48.7 Å². The molecule has 22 heavy (non-hydrogen) atoms. The van der Waals surface area contributed by atoms with Crippen molar-refractivity contribution in [2.24, 2.45) is 5.73 Å². The zero-order valence-electron chi connectivity index (χ0n) is 12.3. The van der Waals surface area contributed by atoms with Crippen LogP contribution in [0.4, 0.5) is 0 Å². The number of hydrogen-bond donors (Lipinski definition) is 1. The molecule has 0 amide bonds. The van der Waals surface area contributed by atoms with Crippen LogP contribution in [0.1, 0.15) is 4.88 Å². The van der Waals surface area contributed by atoms with E-state index in [1.807, 2.05) is 42.5 Å². The van der Waals surface area contributed by atoms with Crippen LogP contribution in [0.3, 0.4) is 0 Å². The highest BCUT2D eigenvalue weighted by Gasteiger charge is 2.15. The first kappa shape index (κ1) is 14.7. The summed E-state index contributed by atoms with van der Waals surface area (Å²) in [4.78, 5) is 10.3. The standard InChI is InChI=1S/C17H17N3OS/c1-21-13-6-4-5-12(11-13)16-15(8-9-18)22-17(20-16)14-7-2-3-10-19-14/h2-7,10-11H,8-9,18H2,1H3. The summed E-state index contributed by atoms with van der Waals surface area (Å²) in [6, 6.07) is 13.8. The monoisotopic (exact) mass is 311 g/mol. The van der Waals surface area contributed by atoms with Crippen molar-refractivity contribution < 1.29 is 4.74 Å². The number of benzene rings is 1. The van der Waals surface area contributed by atoms with Crippen molar-refractivity contribution in [3.8, 4) is 27.7 Å². The number of methoxy groups -OCH3 is 1. The van der Waals surface area contributed by atoms with Gasteiger partial charge in [0.25, 0.3) is 0 Å². The van der Waals surface area contributed by atoms with E-state index in [1.165, 1.54) is 4.88 Å². The van der Waals surface area contributed by atoms with Crippen LogP contribution in [-0.2, 0) is 6.42 Å². The Morgan fingerprint density at radius 1 is 1.18 bits per heavy atom. The van der Waals surface area contributed by atoms with Gasteiger partial charge in [-0.3, -0.25) is 4.98 Å². The van der Waals surface area contributed by atoms with Crippen molar-refractivity contribution in [2.45, 2.75) is 6.42 Å². The molecular formula is C17H17N3OS. The number of aromatic nitrogens is 2. The fourth-order valence-electron chi connectivity index (χ4n) is 2.25. The lowest BCUT2D eigenvalue weighted by Crippen LogP contribution is -2.02. The van der Waals surface area contributed by atoms with Crippen molar-refractivity contribution in [1.29, 1.82) is 0 Å². The summed E-state index contributed by atoms with van der Waals surface area (Å²) < 4.78 is 5.31. The highest BCUT2D eigenvalue weighted by molar-refractivity contribution is 7.15. The minimum atomic E-state index is 0.598. The Kier molecular flexibility index (Phi) is 4.46. The van der Waals surface area contributed by atoms with E-state index in [1.54, 1.807) is 24.6 Å². The lowest BCUT2D eigenvalue weighted by atomic mass is 10.1. The lowest BCUT2D eigenvalue weighted by molar-refractivity contribution is 0.415. The maximum atomic E-state index is 5.75. The SMILES string of the molecule is COc1cccc(-c2nc(-c3ccccn3)sc2CCN)c1. The third-order valence-corrected chi connectivity index (χ3v) is 4.43. The molecule has 2 heterocycles. The number of ether oxygens (including phenoxy) is 1. The van der Waals surface area contributed by atoms with Crippen LogP contribution >= 0.6 is 11.3 Å². The maximum absolute atomic E-state index is 5.75. The molecule has 0 saturated heterocycles. The number of nitrogens with zero attached hydrogens (tertiary/aromatic N) is 2. The minimum Gasteiger partial charge on any atom is -0.497 e. The van der Waals surface area contributed by atoms with E-state index in [4.69, 9.17) is 15.5 Å². The minimum absolute atomic E-state index is 0.598. The number of pyridine rings is 1. The Balaban J connectivity index is 2.07. The lowest BCUT2D eigenvalue weighted by Gasteiger charge is -2.04. The molecule has 3 aromatic rings. The first-order valence-corrected chi connectivity index (χ1v) is 7.89. The highest BCUT2D eigenvalue weighted by atomic mass is 32.1. The van der Waals surface area contributed by atoms with Crippen molar-refractivity contribution in [3.63, 3.8) is 0 Å². The smallest absolute Gasteiger partial charge is 0.142 e. The number of thiazole rings is 1. The maximum Gasteiger partial charge on any atom is 0.142 e. The summed E-state index contributed by atoms with van der Waals surface area (Å²) in [5.74, 6) is 0.823. The molecule has 0 radical (unpaired) electrons. The molecule has 0 aliphatic rings. The Labute approximate surface area is 133 Å². The zero-order valence-corrected chi connectivity index (χ0v) is 13.1. The molecule has 0 bridgehead atoms. The van der Waals surface area contributed by atoms with E-state index in [2.05, 4.69) is 4.98 Å². The molecule has 1 aromatic carbocycles. The normalized spacial score (nSPS) is 10.6. The van der Waals surface area contributed by atoms with Gasteiger partial charge >= 0.3 is 0 Å². The largest absolute Gasteiger partial charge is 0.497 e. The van der Waals surface area contributed by atoms with Crippen LogP contribution in [0, 0.1) is 0 Å². The van der Waals surface area contributed by atoms with Crippen molar-refractivity contribution in [2.75, 3.05) is 13.7 Å². The van der Waals surface area contributed by atoms with Gasteiger partial charge in [0, 0.05) is 16.6 Å². The molecule has 0 atom stereocenters. The van der Waals surface area contributed by atoms with Crippen LogP contribution < -0.4 is 10.5 Å². The average Bonchev–Trinajstić information content (AvgIpc) is 3.00. The molecule has 0 aliphatic carbocycles. The molecular weight excluding hydrogens is 294 g/mol. The van der Waals surface area contributed by atoms with Gasteiger partial charge in [0.1, 0.15) is 10.8 Å². The van der Waals surface area contributed by atoms with E-state index in [-0.39, 0.29) is 0 Å². The van der Waals surface area contributed by atoms with Gasteiger partial charge in [0.2, 0.25) is 0 Å². The molecule has 0 saturated carbocycles. The Morgan fingerprint density at radius 3 is 2.82 bits per heavy atom. The zero-order chi connectivity index (χ0) is 15.4. The molecule has 0 unspecified atom stereocenters. The summed E-state index contributed by atoms with van der Waals surface area (Å²) in [5.41, 5.74) is 8.65. The molecule has 2 aromatic heterocycles. The summed E-state index contributed by atoms with van der Waals surface area (Å²) in [5, 5.41) is 0.918. The van der Waals surface area contributed by atoms with Crippen LogP contribution in [0.2, 0.25) is 0 Å². The molecule has 0 fully saturated rings.